The number of hydrogen-bond donors (Lipinski definition) is 3. The first-order chi connectivity index (χ1) is 11.9. The Balaban J connectivity index is 0.00000243. The molecule has 2 aromatic rings. The number of methoxy groups -OCH3 is 1. The Morgan fingerprint density at radius 1 is 1.42 bits per heavy atom. The maximum absolute atomic E-state index is 12.3. The Hall–Kier alpha value is -1.72. The number of hydrogen-bond acceptors (Lipinski definition) is 7. The van der Waals surface area contributed by atoms with Crippen LogP contribution in [0.25, 0.3) is 0 Å². The Morgan fingerprint density at radius 3 is 2.73 bits per heavy atom. The number of thiazole rings is 1. The normalized spacial score (nSPS) is 13.8. The Bertz CT molecular complexity index is 897. The number of nitrogens with two attached hydrogens (primary N) is 1. The van der Waals surface area contributed by atoms with E-state index in [-0.39, 0.29) is 41.3 Å². The molecule has 1 aromatic heterocycles. The number of sulfonamides is 1. The Kier molecular flexibility index (Phi) is 6.58. The van der Waals surface area contributed by atoms with E-state index >= 15 is 0 Å². The molecule has 1 fully saturated rings. The van der Waals surface area contributed by atoms with Gasteiger partial charge in [-0.3, -0.25) is 4.79 Å². The quantitative estimate of drug-likeness (QED) is 0.629. The third-order valence-electron chi connectivity index (χ3n) is 3.59. The molecule has 0 bridgehead atoms. The number of aromatic nitrogens is 1. The largest absolute Gasteiger partial charge is 0.495 e. The zero-order chi connectivity index (χ0) is 18.0. The van der Waals surface area contributed by atoms with Crippen molar-refractivity contribution in [3.05, 3.63) is 34.3 Å². The molecule has 0 unspecified atom stereocenters. The van der Waals surface area contributed by atoms with Crippen LogP contribution >= 0.6 is 23.7 Å². The van der Waals surface area contributed by atoms with Gasteiger partial charge in [-0.2, -0.15) is 0 Å². The summed E-state index contributed by atoms with van der Waals surface area (Å²) >= 11 is 1.29. The van der Waals surface area contributed by atoms with Crippen molar-refractivity contribution in [2.24, 2.45) is 5.73 Å². The number of carbonyl (C=O) groups is 1. The van der Waals surface area contributed by atoms with Crippen molar-refractivity contribution in [1.82, 2.24) is 9.71 Å². The molecule has 26 heavy (non-hydrogen) atoms. The smallest absolute Gasteiger partial charge is 0.275 e. The van der Waals surface area contributed by atoms with E-state index in [2.05, 4.69) is 15.0 Å². The number of nitrogens with zero attached hydrogens (tertiary/aromatic N) is 1. The highest BCUT2D eigenvalue weighted by molar-refractivity contribution is 7.89. The number of anilines is 1. The van der Waals surface area contributed by atoms with Gasteiger partial charge in [-0.15, -0.1) is 23.7 Å². The van der Waals surface area contributed by atoms with Crippen LogP contribution in [0.1, 0.15) is 28.3 Å². The standard InChI is InChI=1S/C15H18N4O4S2.ClH/c1-23-13-5-4-10(25(21,22)19-9-2-3-9)6-11(13)18-15(20)12-8-24-14(7-16)17-12;/h4-6,8-9,19H,2-3,7,16H2,1H3,(H,18,20);1H. The minimum atomic E-state index is -3.63. The molecule has 8 nitrogen and oxygen atoms in total. The van der Waals surface area contributed by atoms with Gasteiger partial charge < -0.3 is 15.8 Å². The number of amides is 1. The van der Waals surface area contributed by atoms with Gasteiger partial charge in [0.25, 0.3) is 5.91 Å². The maximum Gasteiger partial charge on any atom is 0.275 e. The monoisotopic (exact) mass is 418 g/mol. The van der Waals surface area contributed by atoms with E-state index < -0.39 is 15.9 Å². The first-order valence-corrected chi connectivity index (χ1v) is 9.95. The fraction of sp³-hybridized carbons (Fsp3) is 0.333. The Morgan fingerprint density at radius 2 is 2.15 bits per heavy atom. The van der Waals surface area contributed by atoms with Crippen LogP contribution in [0.2, 0.25) is 0 Å². The highest BCUT2D eigenvalue weighted by atomic mass is 35.5. The lowest BCUT2D eigenvalue weighted by atomic mass is 10.3. The van der Waals surface area contributed by atoms with E-state index in [1.165, 1.54) is 36.6 Å². The average molecular weight is 419 g/mol. The van der Waals surface area contributed by atoms with Crippen LogP contribution in [0.5, 0.6) is 5.75 Å². The van der Waals surface area contributed by atoms with Gasteiger partial charge in [-0.05, 0) is 31.0 Å². The SMILES string of the molecule is COc1ccc(S(=O)(=O)NC2CC2)cc1NC(=O)c1csc(CN)n1.Cl. The lowest BCUT2D eigenvalue weighted by molar-refractivity contribution is 0.102. The van der Waals surface area contributed by atoms with E-state index in [9.17, 15) is 13.2 Å². The zero-order valence-corrected chi connectivity index (χ0v) is 16.3. The number of carbonyl (C=O) groups excluding carboxylic acids is 1. The second-order valence-corrected chi connectivity index (χ2v) is 8.20. The first-order valence-electron chi connectivity index (χ1n) is 7.59. The minimum Gasteiger partial charge on any atom is -0.495 e. The van der Waals surface area contributed by atoms with Gasteiger partial charge in [0.1, 0.15) is 16.5 Å². The van der Waals surface area contributed by atoms with Crippen LogP contribution in [-0.2, 0) is 16.6 Å². The molecule has 1 aromatic carbocycles. The Labute approximate surface area is 161 Å². The molecule has 0 radical (unpaired) electrons. The van der Waals surface area contributed by atoms with E-state index in [4.69, 9.17) is 10.5 Å². The molecule has 4 N–H and O–H groups in total. The van der Waals surface area contributed by atoms with Crippen molar-refractivity contribution in [2.75, 3.05) is 12.4 Å². The van der Waals surface area contributed by atoms with Gasteiger partial charge in [0.2, 0.25) is 10.0 Å². The van der Waals surface area contributed by atoms with Gasteiger partial charge in [-0.1, -0.05) is 0 Å². The molecule has 1 heterocycles. The van der Waals surface area contributed by atoms with Crippen molar-refractivity contribution in [1.29, 1.82) is 0 Å². The highest BCUT2D eigenvalue weighted by Gasteiger charge is 2.28. The number of halogens is 1. The predicted octanol–water partition coefficient (Wildman–Crippen LogP) is 1.73. The lowest BCUT2D eigenvalue weighted by Gasteiger charge is -2.12. The number of ether oxygens (including phenoxy) is 1. The summed E-state index contributed by atoms with van der Waals surface area (Å²) in [6.45, 7) is 0.252. The number of nitrogens with one attached hydrogen (secondary N) is 2. The summed E-state index contributed by atoms with van der Waals surface area (Å²) < 4.78 is 32.5. The fourth-order valence-corrected chi connectivity index (χ4v) is 4.12. The first kappa shape index (κ1) is 20.6. The zero-order valence-electron chi connectivity index (χ0n) is 13.9. The van der Waals surface area contributed by atoms with Crippen LogP contribution in [0.15, 0.2) is 28.5 Å². The number of benzene rings is 1. The van der Waals surface area contributed by atoms with Crippen LogP contribution in [0.3, 0.4) is 0 Å². The molecular weight excluding hydrogens is 400 g/mol. The summed E-state index contributed by atoms with van der Waals surface area (Å²) in [7, 11) is -2.19. The summed E-state index contributed by atoms with van der Waals surface area (Å²) in [5, 5.41) is 4.88. The average Bonchev–Trinajstić information content (AvgIpc) is 3.25. The molecule has 0 saturated heterocycles. The van der Waals surface area contributed by atoms with Crippen molar-refractivity contribution in [2.45, 2.75) is 30.3 Å². The molecular formula is C15H19ClN4O4S2. The third kappa shape index (κ3) is 4.71. The summed E-state index contributed by atoms with van der Waals surface area (Å²) in [5.41, 5.74) is 5.97. The van der Waals surface area contributed by atoms with Crippen LogP contribution < -0.4 is 20.5 Å². The predicted molar refractivity (Wildman–Crippen MR) is 102 cm³/mol. The highest BCUT2D eigenvalue weighted by Crippen LogP contribution is 2.29. The van der Waals surface area contributed by atoms with Crippen LogP contribution in [0, 0.1) is 0 Å². The summed E-state index contributed by atoms with van der Waals surface area (Å²) in [6, 6.07) is 4.31. The van der Waals surface area contributed by atoms with E-state index in [0.717, 1.165) is 12.8 Å². The molecule has 1 aliphatic carbocycles. The lowest BCUT2D eigenvalue weighted by Crippen LogP contribution is -2.26. The second kappa shape index (κ2) is 8.31. The second-order valence-electron chi connectivity index (χ2n) is 5.54. The topological polar surface area (TPSA) is 123 Å². The van der Waals surface area contributed by atoms with Crippen LogP contribution in [-0.4, -0.2) is 32.5 Å². The van der Waals surface area contributed by atoms with Crippen molar-refractivity contribution < 1.29 is 17.9 Å². The van der Waals surface area contributed by atoms with Gasteiger partial charge in [0, 0.05) is 18.0 Å². The molecule has 1 saturated carbocycles. The molecule has 0 atom stereocenters. The summed E-state index contributed by atoms with van der Waals surface area (Å²) in [4.78, 5) is 16.5. The van der Waals surface area contributed by atoms with Gasteiger partial charge in [0.05, 0.1) is 17.7 Å². The minimum absolute atomic E-state index is 0. The third-order valence-corrected chi connectivity index (χ3v) is 5.98. The summed E-state index contributed by atoms with van der Waals surface area (Å²) in [6.07, 6.45) is 1.68. The van der Waals surface area contributed by atoms with Gasteiger partial charge >= 0.3 is 0 Å². The molecule has 0 aliphatic heterocycles. The molecule has 1 amide bonds. The molecule has 142 valence electrons. The van der Waals surface area contributed by atoms with Gasteiger partial charge in [-0.25, -0.2) is 18.1 Å². The van der Waals surface area contributed by atoms with E-state index in [0.29, 0.717) is 10.8 Å². The maximum atomic E-state index is 12.3. The van der Waals surface area contributed by atoms with E-state index in [1.807, 2.05) is 0 Å². The molecule has 0 spiro atoms. The van der Waals surface area contributed by atoms with Gasteiger partial charge in [0.15, 0.2) is 0 Å². The van der Waals surface area contributed by atoms with Crippen molar-refractivity contribution in [3.63, 3.8) is 0 Å². The number of rotatable bonds is 7. The van der Waals surface area contributed by atoms with Crippen molar-refractivity contribution >= 4 is 45.4 Å². The fourth-order valence-electron chi connectivity index (χ4n) is 2.14. The molecule has 1 aliphatic rings. The summed E-state index contributed by atoms with van der Waals surface area (Å²) in [5.74, 6) is -0.105. The van der Waals surface area contributed by atoms with E-state index in [1.54, 1.807) is 5.38 Å². The molecule has 11 heteroatoms. The van der Waals surface area contributed by atoms with Crippen molar-refractivity contribution in [3.8, 4) is 5.75 Å². The molecule has 3 rings (SSSR count). The van der Waals surface area contributed by atoms with Crippen LogP contribution in [0.4, 0.5) is 5.69 Å².